The van der Waals surface area contributed by atoms with Gasteiger partial charge in [0.25, 0.3) is 5.91 Å². The van der Waals surface area contributed by atoms with Crippen LogP contribution < -0.4 is 15.4 Å². The zero-order valence-electron chi connectivity index (χ0n) is 24.8. The van der Waals surface area contributed by atoms with E-state index in [4.69, 9.17) is 4.74 Å². The summed E-state index contributed by atoms with van der Waals surface area (Å²) in [6.07, 6.45) is -0.706. The number of hydrogen-bond acceptors (Lipinski definition) is 6. The minimum absolute atomic E-state index is 0.0239. The summed E-state index contributed by atoms with van der Waals surface area (Å²) >= 11 is 0. The molecule has 3 atom stereocenters. The number of para-hydroxylation sites is 1. The fraction of sp³-hybridized carbons (Fsp3) is 0.273. The highest BCUT2D eigenvalue weighted by atomic mass is 32.2. The Morgan fingerprint density at radius 1 is 0.977 bits per heavy atom. The van der Waals surface area contributed by atoms with Gasteiger partial charge in [0.1, 0.15) is 6.10 Å². The number of aliphatic hydroxyl groups is 1. The topological polar surface area (TPSA) is 128 Å². The lowest BCUT2D eigenvalue weighted by Gasteiger charge is -2.38. The quantitative estimate of drug-likeness (QED) is 0.255. The molecule has 1 heterocycles. The zero-order valence-corrected chi connectivity index (χ0v) is 25.6. The van der Waals surface area contributed by atoms with Crippen molar-refractivity contribution in [2.75, 3.05) is 37.4 Å². The summed E-state index contributed by atoms with van der Waals surface area (Å²) in [5.41, 5.74) is 1.05. The molecule has 4 aromatic rings. The van der Waals surface area contributed by atoms with Crippen molar-refractivity contribution in [3.8, 4) is 5.75 Å². The zero-order chi connectivity index (χ0) is 31.4. The van der Waals surface area contributed by atoms with E-state index in [1.165, 1.54) is 23.5 Å². The van der Waals surface area contributed by atoms with Gasteiger partial charge in [-0.2, -0.15) is 4.31 Å². The molecule has 3 amide bonds. The first-order valence-electron chi connectivity index (χ1n) is 14.4. The first-order valence-corrected chi connectivity index (χ1v) is 15.8. The summed E-state index contributed by atoms with van der Waals surface area (Å²) in [6.45, 7) is 3.56. The third-order valence-corrected chi connectivity index (χ3v) is 9.70. The first-order chi connectivity index (χ1) is 21.1. The standard InChI is InChI=1S/C33H36N4O6S/c1-22-19-37(23(2)21-38)32(39)27-16-10-18-29(35-33(40)34-28-17-9-12-24-11-7-8-15-26(24)28)31(27)43-30(22)20-36(3)44(41,42)25-13-5-4-6-14-25/h4-18,22-23,30,38H,19-21H2,1-3H3,(H2,34,35,40)/t22-,23+,30+/m0/s1. The third-order valence-electron chi connectivity index (χ3n) is 7.87. The predicted molar refractivity (Wildman–Crippen MR) is 170 cm³/mol. The summed E-state index contributed by atoms with van der Waals surface area (Å²) in [7, 11) is -2.35. The van der Waals surface area contributed by atoms with Gasteiger partial charge < -0.3 is 25.4 Å². The number of benzene rings is 4. The Kier molecular flexibility index (Phi) is 9.19. The van der Waals surface area contributed by atoms with Gasteiger partial charge in [-0.15, -0.1) is 0 Å². The molecule has 5 rings (SSSR count). The normalized spacial score (nSPS) is 17.8. The molecule has 11 heteroatoms. The molecule has 0 unspecified atom stereocenters. The Balaban J connectivity index is 1.48. The van der Waals surface area contributed by atoms with Crippen molar-refractivity contribution in [1.82, 2.24) is 9.21 Å². The second kappa shape index (κ2) is 13.0. The number of fused-ring (bicyclic) bond motifs is 2. The summed E-state index contributed by atoms with van der Waals surface area (Å²) in [5.74, 6) is -0.579. The van der Waals surface area contributed by atoms with Crippen LogP contribution in [-0.2, 0) is 10.0 Å². The van der Waals surface area contributed by atoms with E-state index in [2.05, 4.69) is 10.6 Å². The van der Waals surface area contributed by atoms with Crippen LogP contribution in [0.2, 0.25) is 0 Å². The number of ether oxygens (including phenoxy) is 1. The maximum atomic E-state index is 13.8. The number of likely N-dealkylation sites (N-methyl/N-ethyl adjacent to an activating group) is 1. The summed E-state index contributed by atoms with van der Waals surface area (Å²) in [5, 5.41) is 17.5. The largest absolute Gasteiger partial charge is 0.486 e. The van der Waals surface area contributed by atoms with E-state index in [9.17, 15) is 23.1 Å². The van der Waals surface area contributed by atoms with Crippen LogP contribution in [0.1, 0.15) is 24.2 Å². The average molecular weight is 617 g/mol. The smallest absolute Gasteiger partial charge is 0.323 e. The fourth-order valence-corrected chi connectivity index (χ4v) is 6.50. The van der Waals surface area contributed by atoms with Gasteiger partial charge >= 0.3 is 6.03 Å². The number of nitrogens with one attached hydrogen (secondary N) is 2. The van der Waals surface area contributed by atoms with E-state index in [0.717, 1.165) is 10.8 Å². The highest BCUT2D eigenvalue weighted by molar-refractivity contribution is 7.89. The van der Waals surface area contributed by atoms with Crippen LogP contribution in [-0.4, -0.2) is 73.6 Å². The number of aliphatic hydroxyl groups excluding tert-OH is 1. The molecule has 0 saturated heterocycles. The number of amides is 3. The monoisotopic (exact) mass is 616 g/mol. The van der Waals surface area contributed by atoms with Gasteiger partial charge in [-0.25, -0.2) is 13.2 Å². The average Bonchev–Trinajstić information content (AvgIpc) is 3.03. The number of urea groups is 1. The SMILES string of the molecule is C[C@H](CO)N1C[C@H](C)[C@@H](CN(C)S(=O)(=O)c2ccccc2)Oc2c(NC(=O)Nc3cccc4ccccc34)cccc2C1=O. The molecular weight excluding hydrogens is 580 g/mol. The first kappa shape index (κ1) is 31.0. The van der Waals surface area contributed by atoms with Gasteiger partial charge in [0.05, 0.1) is 41.0 Å². The van der Waals surface area contributed by atoms with Crippen LogP contribution in [0.4, 0.5) is 16.2 Å². The number of carbonyl (C=O) groups excluding carboxylic acids is 2. The fourth-order valence-electron chi connectivity index (χ4n) is 5.29. The van der Waals surface area contributed by atoms with Crippen molar-refractivity contribution in [1.29, 1.82) is 0 Å². The molecule has 0 aromatic heterocycles. The van der Waals surface area contributed by atoms with Gasteiger partial charge in [-0.1, -0.05) is 67.6 Å². The molecule has 0 radical (unpaired) electrons. The third kappa shape index (κ3) is 6.40. The molecule has 3 N–H and O–H groups in total. The Morgan fingerprint density at radius 2 is 1.61 bits per heavy atom. The molecule has 0 aliphatic carbocycles. The number of hydrogen-bond donors (Lipinski definition) is 3. The number of anilines is 2. The van der Waals surface area contributed by atoms with Gasteiger partial charge in [-0.05, 0) is 42.6 Å². The molecule has 10 nitrogen and oxygen atoms in total. The van der Waals surface area contributed by atoms with Crippen LogP contribution in [0.5, 0.6) is 5.75 Å². The molecule has 4 aromatic carbocycles. The lowest BCUT2D eigenvalue weighted by molar-refractivity contribution is 0.0389. The van der Waals surface area contributed by atoms with Crippen molar-refractivity contribution in [3.63, 3.8) is 0 Å². The van der Waals surface area contributed by atoms with Crippen molar-refractivity contribution in [2.24, 2.45) is 5.92 Å². The molecule has 0 fully saturated rings. The summed E-state index contributed by atoms with van der Waals surface area (Å²) < 4.78 is 34.4. The number of rotatable bonds is 8. The van der Waals surface area contributed by atoms with E-state index >= 15 is 0 Å². The van der Waals surface area contributed by atoms with E-state index in [0.29, 0.717) is 5.69 Å². The Labute approximate surface area is 257 Å². The van der Waals surface area contributed by atoms with E-state index in [1.807, 2.05) is 43.3 Å². The molecule has 44 heavy (non-hydrogen) atoms. The minimum atomic E-state index is -3.83. The number of sulfonamides is 1. The van der Waals surface area contributed by atoms with Crippen LogP contribution in [0.15, 0.2) is 95.9 Å². The van der Waals surface area contributed by atoms with Gasteiger partial charge in [0, 0.05) is 24.9 Å². The van der Waals surface area contributed by atoms with Crippen molar-refractivity contribution < 1.29 is 27.9 Å². The number of carbonyl (C=O) groups is 2. The van der Waals surface area contributed by atoms with Gasteiger partial charge in [0.15, 0.2) is 5.75 Å². The van der Waals surface area contributed by atoms with Crippen LogP contribution in [0, 0.1) is 5.92 Å². The second-order valence-corrected chi connectivity index (χ2v) is 13.1. The van der Waals surface area contributed by atoms with Crippen molar-refractivity contribution in [3.05, 3.63) is 96.6 Å². The Morgan fingerprint density at radius 3 is 2.36 bits per heavy atom. The van der Waals surface area contributed by atoms with E-state index in [-0.39, 0.29) is 53.4 Å². The maximum Gasteiger partial charge on any atom is 0.323 e. The molecule has 230 valence electrons. The summed E-state index contributed by atoms with van der Waals surface area (Å²) in [6, 6.07) is 25.2. The summed E-state index contributed by atoms with van der Waals surface area (Å²) in [4.78, 5) is 28.8. The minimum Gasteiger partial charge on any atom is -0.486 e. The molecule has 1 aliphatic rings. The van der Waals surface area contributed by atoms with E-state index < -0.39 is 28.2 Å². The highest BCUT2D eigenvalue weighted by Gasteiger charge is 2.36. The van der Waals surface area contributed by atoms with Crippen molar-refractivity contribution in [2.45, 2.75) is 30.9 Å². The lowest BCUT2D eigenvalue weighted by atomic mass is 9.99. The van der Waals surface area contributed by atoms with Crippen LogP contribution >= 0.6 is 0 Å². The lowest BCUT2D eigenvalue weighted by Crippen LogP contribution is -2.50. The molecule has 0 spiro atoms. The molecule has 0 bridgehead atoms. The van der Waals surface area contributed by atoms with Crippen LogP contribution in [0.3, 0.4) is 0 Å². The maximum absolute atomic E-state index is 13.8. The van der Waals surface area contributed by atoms with Gasteiger partial charge in [0.2, 0.25) is 10.0 Å². The van der Waals surface area contributed by atoms with E-state index in [1.54, 1.807) is 54.3 Å². The van der Waals surface area contributed by atoms with Gasteiger partial charge in [-0.3, -0.25) is 4.79 Å². The number of nitrogens with zero attached hydrogens (tertiary/aromatic N) is 2. The molecule has 0 saturated carbocycles. The molecular formula is C33H36N4O6S. The highest BCUT2D eigenvalue weighted by Crippen LogP contribution is 2.35. The Hall–Kier alpha value is -4.45. The Bertz CT molecular complexity index is 1760. The molecule has 1 aliphatic heterocycles. The van der Waals surface area contributed by atoms with Crippen molar-refractivity contribution >= 4 is 44.1 Å². The second-order valence-electron chi connectivity index (χ2n) is 11.0. The predicted octanol–water partition coefficient (Wildman–Crippen LogP) is 5.02. The van der Waals surface area contributed by atoms with Crippen LogP contribution in [0.25, 0.3) is 10.8 Å².